The van der Waals surface area contributed by atoms with Gasteiger partial charge in [-0.05, 0) is 57.7 Å². The molecule has 3 N–H and O–H groups in total. The molecule has 0 amide bonds. The molecule has 3 fully saturated rings. The molecular weight excluding hydrogens is 226 g/mol. The largest absolute Gasteiger partial charge is 0.387 e. The van der Waals surface area contributed by atoms with Crippen molar-refractivity contribution in [2.45, 2.75) is 43.7 Å². The van der Waals surface area contributed by atoms with Gasteiger partial charge < -0.3 is 10.8 Å². The molecule has 2 atom stereocenters. The van der Waals surface area contributed by atoms with Crippen molar-refractivity contribution >= 4 is 0 Å². The Hall–Kier alpha value is -0.160. The van der Waals surface area contributed by atoms with Gasteiger partial charge in [0.1, 0.15) is 0 Å². The summed E-state index contributed by atoms with van der Waals surface area (Å²) in [6.07, 6.45) is 6.33. The molecule has 2 saturated heterocycles. The number of nitrogens with two attached hydrogens (primary N) is 1. The van der Waals surface area contributed by atoms with Crippen molar-refractivity contribution < 1.29 is 5.11 Å². The lowest BCUT2D eigenvalue weighted by Gasteiger charge is -2.32. The number of β-amino-alcohol motifs (C(OH)–C–C–N with tert-alkyl or cyclic N) is 1. The monoisotopic (exact) mass is 253 g/mol. The summed E-state index contributed by atoms with van der Waals surface area (Å²) in [5.74, 6) is 0.466. The highest BCUT2D eigenvalue weighted by Crippen LogP contribution is 2.40. The molecule has 0 aromatic heterocycles. The highest BCUT2D eigenvalue weighted by Gasteiger charge is 2.44. The molecule has 3 rings (SSSR count). The molecule has 0 spiro atoms. The van der Waals surface area contributed by atoms with Crippen LogP contribution >= 0.6 is 0 Å². The van der Waals surface area contributed by atoms with Gasteiger partial charge in [0.15, 0.2) is 0 Å². The zero-order valence-corrected chi connectivity index (χ0v) is 11.4. The van der Waals surface area contributed by atoms with Crippen LogP contribution in [-0.4, -0.2) is 65.8 Å². The van der Waals surface area contributed by atoms with Gasteiger partial charge in [-0.15, -0.1) is 0 Å². The van der Waals surface area contributed by atoms with Gasteiger partial charge in [-0.1, -0.05) is 0 Å². The number of aliphatic hydroxyl groups is 1. The van der Waals surface area contributed by atoms with E-state index in [0.29, 0.717) is 12.5 Å². The quantitative estimate of drug-likeness (QED) is 0.738. The molecule has 2 aliphatic heterocycles. The summed E-state index contributed by atoms with van der Waals surface area (Å²) in [4.78, 5) is 5.08. The van der Waals surface area contributed by atoms with Crippen LogP contribution in [0.3, 0.4) is 0 Å². The predicted octanol–water partition coefficient (Wildman–Crippen LogP) is 0.256. The Labute approximate surface area is 110 Å². The number of nitrogens with zero attached hydrogens (tertiary/aromatic N) is 2. The summed E-state index contributed by atoms with van der Waals surface area (Å²) in [6, 6.07) is 0.730. The molecule has 0 aromatic rings. The highest BCUT2D eigenvalue weighted by atomic mass is 16.3. The van der Waals surface area contributed by atoms with Crippen LogP contribution in [0.1, 0.15) is 32.1 Å². The fourth-order valence-electron chi connectivity index (χ4n) is 3.73. The molecule has 0 aromatic carbocycles. The van der Waals surface area contributed by atoms with Crippen LogP contribution in [0.4, 0.5) is 0 Å². The van der Waals surface area contributed by atoms with Gasteiger partial charge in [-0.25, -0.2) is 0 Å². The Bertz CT molecular complexity index is 289. The molecule has 0 bridgehead atoms. The summed E-state index contributed by atoms with van der Waals surface area (Å²) in [7, 11) is 0. The van der Waals surface area contributed by atoms with Crippen molar-refractivity contribution in [3.63, 3.8) is 0 Å². The van der Waals surface area contributed by atoms with Crippen LogP contribution in [0.5, 0.6) is 0 Å². The van der Waals surface area contributed by atoms with E-state index in [2.05, 4.69) is 9.80 Å². The van der Waals surface area contributed by atoms with Gasteiger partial charge in [-0.2, -0.15) is 0 Å². The molecule has 3 aliphatic rings. The fraction of sp³-hybridized carbons (Fsp3) is 1.00. The molecule has 4 heteroatoms. The van der Waals surface area contributed by atoms with Crippen molar-refractivity contribution in [1.29, 1.82) is 0 Å². The predicted molar refractivity (Wildman–Crippen MR) is 72.4 cm³/mol. The lowest BCUT2D eigenvalue weighted by Crippen LogP contribution is -2.50. The van der Waals surface area contributed by atoms with Gasteiger partial charge in [0.05, 0.1) is 5.60 Å². The molecule has 2 unspecified atom stereocenters. The van der Waals surface area contributed by atoms with E-state index in [4.69, 9.17) is 5.73 Å². The van der Waals surface area contributed by atoms with E-state index in [0.717, 1.165) is 38.5 Å². The van der Waals surface area contributed by atoms with Crippen molar-refractivity contribution in [2.75, 3.05) is 39.3 Å². The second-order valence-corrected chi connectivity index (χ2v) is 6.50. The SMILES string of the molecule is NCC(O)(CN1CCC(N2CCCC2)C1)C1CC1. The summed E-state index contributed by atoms with van der Waals surface area (Å²) in [5.41, 5.74) is 5.18. The first-order chi connectivity index (χ1) is 8.71. The molecular formula is C14H27N3O. The third-order valence-corrected chi connectivity index (χ3v) is 5.09. The zero-order valence-electron chi connectivity index (χ0n) is 11.4. The van der Waals surface area contributed by atoms with Crippen LogP contribution < -0.4 is 5.73 Å². The second kappa shape index (κ2) is 5.08. The minimum atomic E-state index is -0.611. The average molecular weight is 253 g/mol. The molecule has 104 valence electrons. The Morgan fingerprint density at radius 1 is 1.11 bits per heavy atom. The molecule has 1 aliphatic carbocycles. The Balaban J connectivity index is 1.52. The first-order valence-electron chi connectivity index (χ1n) is 7.60. The van der Waals surface area contributed by atoms with E-state index in [1.807, 2.05) is 0 Å². The van der Waals surface area contributed by atoms with E-state index in [9.17, 15) is 5.11 Å². The minimum absolute atomic E-state index is 0.419. The van der Waals surface area contributed by atoms with Crippen LogP contribution in [0, 0.1) is 5.92 Å². The van der Waals surface area contributed by atoms with Crippen LogP contribution in [0.25, 0.3) is 0 Å². The third kappa shape index (κ3) is 2.57. The summed E-state index contributed by atoms with van der Waals surface area (Å²) in [5, 5.41) is 10.6. The topological polar surface area (TPSA) is 52.7 Å². The normalized spacial score (nSPS) is 34.0. The molecule has 2 heterocycles. The second-order valence-electron chi connectivity index (χ2n) is 6.50. The average Bonchev–Trinajstić information content (AvgIpc) is 2.91. The summed E-state index contributed by atoms with van der Waals surface area (Å²) >= 11 is 0. The van der Waals surface area contributed by atoms with E-state index >= 15 is 0 Å². The Kier molecular flexibility index (Phi) is 3.63. The van der Waals surface area contributed by atoms with E-state index in [1.165, 1.54) is 32.4 Å². The van der Waals surface area contributed by atoms with E-state index in [-0.39, 0.29) is 0 Å². The van der Waals surface area contributed by atoms with Crippen molar-refractivity contribution in [3.8, 4) is 0 Å². The van der Waals surface area contributed by atoms with Gasteiger partial charge in [0.2, 0.25) is 0 Å². The standard InChI is InChI=1S/C14H27N3O/c15-10-14(18,12-3-4-12)11-16-8-5-13(9-16)17-6-1-2-7-17/h12-13,18H,1-11,15H2. The van der Waals surface area contributed by atoms with Crippen LogP contribution in [0.2, 0.25) is 0 Å². The van der Waals surface area contributed by atoms with Crippen molar-refractivity contribution in [1.82, 2.24) is 9.80 Å². The third-order valence-electron chi connectivity index (χ3n) is 5.09. The Morgan fingerprint density at radius 3 is 2.44 bits per heavy atom. The maximum atomic E-state index is 10.6. The van der Waals surface area contributed by atoms with Crippen molar-refractivity contribution in [3.05, 3.63) is 0 Å². The zero-order chi connectivity index (χ0) is 12.6. The van der Waals surface area contributed by atoms with E-state index in [1.54, 1.807) is 0 Å². The summed E-state index contributed by atoms with van der Waals surface area (Å²) in [6.45, 7) is 6.04. The first kappa shape index (κ1) is 12.9. The van der Waals surface area contributed by atoms with Gasteiger partial charge in [-0.3, -0.25) is 9.80 Å². The number of hydrogen-bond donors (Lipinski definition) is 2. The molecule has 1 saturated carbocycles. The highest BCUT2D eigenvalue weighted by molar-refractivity contribution is 4.99. The minimum Gasteiger partial charge on any atom is -0.387 e. The first-order valence-corrected chi connectivity index (χ1v) is 7.60. The van der Waals surface area contributed by atoms with Gasteiger partial charge >= 0.3 is 0 Å². The van der Waals surface area contributed by atoms with Crippen LogP contribution in [0.15, 0.2) is 0 Å². The number of likely N-dealkylation sites (tertiary alicyclic amines) is 2. The molecule has 18 heavy (non-hydrogen) atoms. The number of hydrogen-bond acceptors (Lipinski definition) is 4. The Morgan fingerprint density at radius 2 is 1.83 bits per heavy atom. The lowest BCUT2D eigenvalue weighted by molar-refractivity contribution is -0.00403. The molecule has 0 radical (unpaired) electrons. The lowest BCUT2D eigenvalue weighted by atomic mass is 9.97. The van der Waals surface area contributed by atoms with Crippen LogP contribution in [-0.2, 0) is 0 Å². The van der Waals surface area contributed by atoms with E-state index < -0.39 is 5.60 Å². The number of rotatable bonds is 5. The molecule has 4 nitrogen and oxygen atoms in total. The van der Waals surface area contributed by atoms with Crippen molar-refractivity contribution in [2.24, 2.45) is 11.7 Å². The summed E-state index contributed by atoms with van der Waals surface area (Å²) < 4.78 is 0. The smallest absolute Gasteiger partial charge is 0.0923 e. The fourth-order valence-corrected chi connectivity index (χ4v) is 3.73. The maximum Gasteiger partial charge on any atom is 0.0923 e. The maximum absolute atomic E-state index is 10.6. The van der Waals surface area contributed by atoms with Gasteiger partial charge in [0.25, 0.3) is 0 Å². The van der Waals surface area contributed by atoms with Gasteiger partial charge in [0, 0.05) is 25.7 Å².